The molecule has 2 heterocycles. The number of amides is 3. The van der Waals surface area contributed by atoms with Crippen LogP contribution in [-0.4, -0.2) is 58.0 Å². The van der Waals surface area contributed by atoms with Crippen molar-refractivity contribution in [3.05, 3.63) is 0 Å². The summed E-state index contributed by atoms with van der Waals surface area (Å²) in [4.78, 5) is 41.1. The van der Waals surface area contributed by atoms with Gasteiger partial charge in [0.05, 0.1) is 18.7 Å². The van der Waals surface area contributed by atoms with Crippen LogP contribution in [0.1, 0.15) is 142 Å². The Labute approximate surface area is 265 Å². The highest BCUT2D eigenvalue weighted by Gasteiger charge is 2.42. The zero-order chi connectivity index (χ0) is 31.3. The maximum Gasteiger partial charge on any atom is 0.469 e. The van der Waals surface area contributed by atoms with E-state index in [-0.39, 0.29) is 30.6 Å². The van der Waals surface area contributed by atoms with Gasteiger partial charge in [-0.3, -0.25) is 9.32 Å². The number of phosphoric acid groups is 1. The second kappa shape index (κ2) is 22.7. The molecular weight excluding hydrogens is 585 g/mol. The first-order valence-corrected chi connectivity index (χ1v) is 19.9. The van der Waals surface area contributed by atoms with E-state index in [1.54, 1.807) is 0 Å². The third-order valence-electron chi connectivity index (χ3n) is 9.04. The summed E-state index contributed by atoms with van der Waals surface area (Å²) in [5, 5.41) is 9.57. The summed E-state index contributed by atoms with van der Waals surface area (Å²) in [5.41, 5.74) is 0. The molecule has 2 fully saturated rings. The number of urea groups is 1. The van der Waals surface area contributed by atoms with Crippen molar-refractivity contribution in [3.63, 3.8) is 0 Å². The largest absolute Gasteiger partial charge is 0.469 e. The van der Waals surface area contributed by atoms with Crippen LogP contribution >= 0.6 is 19.6 Å². The number of phosphoric ester groups is 1. The number of thioether (sulfide) groups is 1. The Morgan fingerprint density at radius 2 is 1.44 bits per heavy atom. The first kappa shape index (κ1) is 38.4. The van der Waals surface area contributed by atoms with Gasteiger partial charge in [-0.25, -0.2) is 9.36 Å². The molecule has 0 aliphatic carbocycles. The standard InChI is InChI=1S/C32H62N3O6PS/c1-26(18-16-19-27(2)22-24-41-42(38,39)40)17-12-10-8-6-4-3-5-7-9-11-15-23-33-30(36)21-14-13-20-29-31-28(25-43-29)34-32(37)35-31/h26-29,31H,3-25H2,1-2H3,(H,33,36)(H2,34,35,37)(H2,38,39,40). The number of unbranched alkanes of at least 4 members (excludes halogenated alkanes) is 11. The lowest BCUT2D eigenvalue weighted by atomic mass is 9.93. The zero-order valence-corrected chi connectivity index (χ0v) is 28.7. The van der Waals surface area contributed by atoms with Crippen LogP contribution < -0.4 is 16.0 Å². The Morgan fingerprint density at radius 3 is 2.09 bits per heavy atom. The van der Waals surface area contributed by atoms with Gasteiger partial charge in [-0.2, -0.15) is 11.8 Å². The van der Waals surface area contributed by atoms with Crippen molar-refractivity contribution in [1.82, 2.24) is 16.0 Å². The molecule has 0 aromatic carbocycles. The van der Waals surface area contributed by atoms with Gasteiger partial charge in [0.2, 0.25) is 5.91 Å². The highest BCUT2D eigenvalue weighted by Crippen LogP contribution is 2.36. The monoisotopic (exact) mass is 647 g/mol. The second-order valence-corrected chi connectivity index (χ2v) is 15.7. The smallest absolute Gasteiger partial charge is 0.356 e. The quantitative estimate of drug-likeness (QED) is 0.0355. The summed E-state index contributed by atoms with van der Waals surface area (Å²) in [6.45, 7) is 5.41. The van der Waals surface area contributed by atoms with Gasteiger partial charge >= 0.3 is 13.9 Å². The number of hydrogen-bond acceptors (Lipinski definition) is 5. The van der Waals surface area contributed by atoms with Gasteiger partial charge in [0.25, 0.3) is 0 Å². The molecule has 9 nitrogen and oxygen atoms in total. The fraction of sp³-hybridized carbons (Fsp3) is 0.938. The Kier molecular flexibility index (Phi) is 20.2. The van der Waals surface area contributed by atoms with E-state index in [0.717, 1.165) is 50.3 Å². The van der Waals surface area contributed by atoms with E-state index >= 15 is 0 Å². The predicted octanol–water partition coefficient (Wildman–Crippen LogP) is 7.45. The SMILES string of the molecule is CC(CCCCCCCCCCCCCNC(=O)CCCCC1SCC2NC(=O)NC21)CCCC(C)CCOP(=O)(O)O. The molecule has 2 aliphatic heterocycles. The topological polar surface area (TPSA) is 137 Å². The maximum absolute atomic E-state index is 12.1. The molecule has 0 bridgehead atoms. The molecule has 0 aromatic heterocycles. The number of carbonyl (C=O) groups is 2. The molecule has 0 radical (unpaired) electrons. The molecule has 0 aromatic rings. The maximum atomic E-state index is 12.1. The second-order valence-electron chi connectivity index (χ2n) is 13.1. The lowest BCUT2D eigenvalue weighted by molar-refractivity contribution is -0.121. The van der Waals surface area contributed by atoms with Crippen molar-refractivity contribution in [3.8, 4) is 0 Å². The van der Waals surface area contributed by atoms with Gasteiger partial charge in [-0.15, -0.1) is 0 Å². The number of rotatable bonds is 27. The molecule has 5 atom stereocenters. The van der Waals surface area contributed by atoms with Gasteiger partial charge in [0, 0.05) is 24.0 Å². The first-order chi connectivity index (χ1) is 20.6. The number of fused-ring (bicyclic) bond motifs is 1. The van der Waals surface area contributed by atoms with E-state index in [9.17, 15) is 14.2 Å². The van der Waals surface area contributed by atoms with E-state index in [4.69, 9.17) is 9.79 Å². The minimum Gasteiger partial charge on any atom is -0.356 e. The molecular formula is C32H62N3O6PS. The third kappa shape index (κ3) is 19.3. The van der Waals surface area contributed by atoms with E-state index in [1.165, 1.54) is 83.5 Å². The average Bonchev–Trinajstić information content (AvgIpc) is 3.49. The zero-order valence-electron chi connectivity index (χ0n) is 27.0. The summed E-state index contributed by atoms with van der Waals surface area (Å²) in [6.07, 6.45) is 23.4. The summed E-state index contributed by atoms with van der Waals surface area (Å²) in [5.74, 6) is 2.36. The molecule has 0 saturated carbocycles. The number of hydrogen-bond donors (Lipinski definition) is 5. The normalized spacial score (nSPS) is 21.3. The summed E-state index contributed by atoms with van der Waals surface area (Å²) in [7, 11) is -4.33. The van der Waals surface area contributed by atoms with E-state index in [0.29, 0.717) is 24.0 Å². The van der Waals surface area contributed by atoms with Crippen LogP contribution in [0.5, 0.6) is 0 Å². The molecule has 2 rings (SSSR count). The average molecular weight is 648 g/mol. The van der Waals surface area contributed by atoms with Crippen molar-refractivity contribution in [1.29, 1.82) is 0 Å². The third-order valence-corrected chi connectivity index (χ3v) is 11.1. The van der Waals surface area contributed by atoms with Crippen LogP contribution in [-0.2, 0) is 13.9 Å². The molecule has 2 aliphatic rings. The van der Waals surface area contributed by atoms with Gasteiger partial charge in [0.1, 0.15) is 0 Å². The number of carbonyl (C=O) groups excluding carboxylic acids is 2. The van der Waals surface area contributed by atoms with Crippen molar-refractivity contribution >= 4 is 31.5 Å². The van der Waals surface area contributed by atoms with Crippen LogP contribution in [0.15, 0.2) is 0 Å². The van der Waals surface area contributed by atoms with Crippen molar-refractivity contribution in [2.75, 3.05) is 18.9 Å². The van der Waals surface area contributed by atoms with Gasteiger partial charge in [-0.05, 0) is 37.5 Å². The van der Waals surface area contributed by atoms with Gasteiger partial charge in [0.15, 0.2) is 0 Å². The Bertz CT molecular complexity index is 816. The molecule has 252 valence electrons. The van der Waals surface area contributed by atoms with Crippen LogP contribution in [0.4, 0.5) is 4.79 Å². The fourth-order valence-corrected chi connectivity index (χ4v) is 8.16. The molecule has 2 saturated heterocycles. The van der Waals surface area contributed by atoms with Crippen molar-refractivity contribution < 1.29 is 28.5 Å². The van der Waals surface area contributed by atoms with E-state index in [2.05, 4.69) is 34.3 Å². The molecule has 43 heavy (non-hydrogen) atoms. The van der Waals surface area contributed by atoms with Crippen LogP contribution in [0.25, 0.3) is 0 Å². The van der Waals surface area contributed by atoms with E-state index in [1.807, 2.05) is 11.8 Å². The highest BCUT2D eigenvalue weighted by molar-refractivity contribution is 8.00. The lowest BCUT2D eigenvalue weighted by Gasteiger charge is -2.16. The minimum absolute atomic E-state index is 0.0330. The minimum atomic E-state index is -4.33. The van der Waals surface area contributed by atoms with Crippen molar-refractivity contribution in [2.45, 2.75) is 160 Å². The van der Waals surface area contributed by atoms with Crippen LogP contribution in [0.2, 0.25) is 0 Å². The summed E-state index contributed by atoms with van der Waals surface area (Å²) < 4.78 is 15.3. The Morgan fingerprint density at radius 1 is 0.860 bits per heavy atom. The highest BCUT2D eigenvalue weighted by atomic mass is 32.2. The van der Waals surface area contributed by atoms with Gasteiger partial charge < -0.3 is 25.7 Å². The van der Waals surface area contributed by atoms with Gasteiger partial charge in [-0.1, -0.05) is 110 Å². The van der Waals surface area contributed by atoms with E-state index < -0.39 is 7.82 Å². The summed E-state index contributed by atoms with van der Waals surface area (Å²) >= 11 is 1.94. The van der Waals surface area contributed by atoms with Crippen LogP contribution in [0, 0.1) is 11.8 Å². The molecule has 0 spiro atoms. The lowest BCUT2D eigenvalue weighted by Crippen LogP contribution is -2.36. The van der Waals surface area contributed by atoms with Crippen LogP contribution in [0.3, 0.4) is 0 Å². The number of nitrogens with one attached hydrogen (secondary N) is 3. The molecule has 3 amide bonds. The molecule has 5 N–H and O–H groups in total. The predicted molar refractivity (Wildman–Crippen MR) is 177 cm³/mol. The Hall–Kier alpha value is -0.800. The fourth-order valence-electron chi connectivity index (χ4n) is 6.28. The van der Waals surface area contributed by atoms with Crippen molar-refractivity contribution in [2.24, 2.45) is 11.8 Å². The summed E-state index contributed by atoms with van der Waals surface area (Å²) in [6, 6.07) is 0.506. The Balaban J connectivity index is 1.26. The molecule has 11 heteroatoms. The molecule has 5 unspecified atom stereocenters. The first-order valence-electron chi connectivity index (χ1n) is 17.3.